The number of nitrogens with two attached hydrogens (primary N) is 1. The molecule has 2 unspecified atom stereocenters. The lowest BCUT2D eigenvalue weighted by molar-refractivity contribution is -0.0400. The summed E-state index contributed by atoms with van der Waals surface area (Å²) in [5.74, 6) is 0.244. The van der Waals surface area contributed by atoms with E-state index in [1.54, 1.807) is 4.57 Å². The highest BCUT2D eigenvalue weighted by molar-refractivity contribution is 7.51. The van der Waals surface area contributed by atoms with Gasteiger partial charge in [-0.25, -0.2) is 28.8 Å². The fourth-order valence-corrected chi connectivity index (χ4v) is 3.65. The summed E-state index contributed by atoms with van der Waals surface area (Å²) in [6.45, 7) is -0.270. The number of hydrogen-bond donors (Lipinski definition) is 3. The monoisotopic (exact) mass is 381 g/mol. The molecule has 0 bridgehead atoms. The molecule has 1 aliphatic heterocycles. The Kier molecular flexibility index (Phi) is 4.21. The van der Waals surface area contributed by atoms with Gasteiger partial charge in [0.1, 0.15) is 30.5 Å². The fraction of sp³-hybridized carbons (Fsp3) is 0.385. The number of ether oxygens (including phenoxy) is 1. The van der Waals surface area contributed by atoms with E-state index in [0.717, 1.165) is 4.34 Å². The molecule has 13 heteroatoms. The summed E-state index contributed by atoms with van der Waals surface area (Å²) in [7, 11) is -4.09. The van der Waals surface area contributed by atoms with Gasteiger partial charge in [0.05, 0.1) is 19.0 Å². The van der Waals surface area contributed by atoms with Crippen LogP contribution in [-0.4, -0.2) is 57.7 Å². The predicted molar refractivity (Wildman–Crippen MR) is 87.7 cm³/mol. The molecule has 0 radical (unpaired) electrons. The zero-order chi connectivity index (χ0) is 18.3. The molecule has 4 heterocycles. The fourth-order valence-electron chi connectivity index (χ4n) is 2.76. The lowest BCUT2D eigenvalue weighted by Gasteiger charge is -2.18. The van der Waals surface area contributed by atoms with Crippen LogP contribution >= 0.6 is 7.75 Å². The lowest BCUT2D eigenvalue weighted by Crippen LogP contribution is -2.26. The minimum absolute atomic E-state index is 0.240. The first-order chi connectivity index (χ1) is 12.5. The topological polar surface area (TPSA) is 163 Å². The number of aromatic nitrogens is 6. The second kappa shape index (κ2) is 6.41. The van der Waals surface area contributed by atoms with E-state index in [1.807, 2.05) is 0 Å². The number of nitrogens with zero attached hydrogens (tertiary/aromatic N) is 6. The number of aliphatic hydroxyl groups excluding tert-OH is 1. The summed E-state index contributed by atoms with van der Waals surface area (Å²) in [6, 6.07) is 0. The van der Waals surface area contributed by atoms with Gasteiger partial charge in [0.15, 0.2) is 11.5 Å². The van der Waals surface area contributed by atoms with Crippen molar-refractivity contribution in [3.05, 3.63) is 31.4 Å². The summed E-state index contributed by atoms with van der Waals surface area (Å²) in [6.07, 6.45) is 4.66. The maximum Gasteiger partial charge on any atom is 0.437 e. The van der Waals surface area contributed by atoms with Crippen LogP contribution in [0.1, 0.15) is 12.6 Å². The molecule has 0 aliphatic carbocycles. The molecular formula is C13H16N7O5P. The van der Waals surface area contributed by atoms with Crippen LogP contribution in [0.25, 0.3) is 11.2 Å². The second-order valence-electron chi connectivity index (χ2n) is 5.74. The molecule has 1 fully saturated rings. The molecular weight excluding hydrogens is 365 g/mol. The molecule has 1 aliphatic rings. The minimum atomic E-state index is -4.09. The van der Waals surface area contributed by atoms with Crippen molar-refractivity contribution >= 4 is 24.7 Å². The molecule has 1 saturated heterocycles. The number of nitrogen functional groups attached to an aromatic ring is 1. The van der Waals surface area contributed by atoms with Gasteiger partial charge in [0.2, 0.25) is 0 Å². The third-order valence-electron chi connectivity index (χ3n) is 4.09. The van der Waals surface area contributed by atoms with E-state index in [2.05, 4.69) is 19.9 Å². The molecule has 3 aromatic heterocycles. The van der Waals surface area contributed by atoms with Crippen LogP contribution in [0.15, 0.2) is 31.4 Å². The third-order valence-corrected chi connectivity index (χ3v) is 5.40. The molecule has 4 rings (SSSR count). The van der Waals surface area contributed by atoms with Crippen molar-refractivity contribution in [3.63, 3.8) is 0 Å². The summed E-state index contributed by atoms with van der Waals surface area (Å²) in [5.41, 5.74) is 6.67. The Hall–Kier alpha value is -2.37. The van der Waals surface area contributed by atoms with Gasteiger partial charge in [0.25, 0.3) is 0 Å². The van der Waals surface area contributed by atoms with Gasteiger partial charge in [-0.3, -0.25) is 9.09 Å². The molecule has 138 valence electrons. The van der Waals surface area contributed by atoms with Crippen molar-refractivity contribution < 1.29 is 23.8 Å². The van der Waals surface area contributed by atoms with Crippen LogP contribution in [0.4, 0.5) is 5.82 Å². The Morgan fingerprint density at radius 2 is 2.23 bits per heavy atom. The predicted octanol–water partition coefficient (Wildman–Crippen LogP) is -0.0813. The zero-order valence-electron chi connectivity index (χ0n) is 13.4. The summed E-state index contributed by atoms with van der Waals surface area (Å²) >= 11 is 0. The SMILES string of the molecule is Nc1ncnc2c1ncn2[C@H]1CC(O)[C@@H](COP(=O)(O)n2ccnc2)O1. The Morgan fingerprint density at radius 1 is 1.38 bits per heavy atom. The summed E-state index contributed by atoms with van der Waals surface area (Å²) in [5, 5.41) is 10.2. The Labute approximate surface area is 146 Å². The van der Waals surface area contributed by atoms with Gasteiger partial charge < -0.3 is 20.5 Å². The first kappa shape index (κ1) is 17.1. The van der Waals surface area contributed by atoms with Crippen molar-refractivity contribution in [3.8, 4) is 0 Å². The Bertz CT molecular complexity index is 961. The molecule has 4 atom stereocenters. The summed E-state index contributed by atoms with van der Waals surface area (Å²) < 4.78 is 25.6. The van der Waals surface area contributed by atoms with E-state index in [9.17, 15) is 14.6 Å². The molecule has 26 heavy (non-hydrogen) atoms. The average Bonchev–Trinajstić information content (AvgIpc) is 3.33. The van der Waals surface area contributed by atoms with Crippen LogP contribution < -0.4 is 5.73 Å². The molecule has 12 nitrogen and oxygen atoms in total. The van der Waals surface area contributed by atoms with Gasteiger partial charge in [-0.2, -0.15) is 0 Å². The van der Waals surface area contributed by atoms with E-state index >= 15 is 0 Å². The number of aliphatic hydroxyl groups is 1. The van der Waals surface area contributed by atoms with Gasteiger partial charge >= 0.3 is 7.75 Å². The first-order valence-corrected chi connectivity index (χ1v) is 9.21. The average molecular weight is 381 g/mol. The quantitative estimate of drug-likeness (QED) is 0.509. The third kappa shape index (κ3) is 2.97. The van der Waals surface area contributed by atoms with Crippen molar-refractivity contribution in [1.29, 1.82) is 0 Å². The standard InChI is InChI=1S/C13H16N7O5P/c14-12-11-13(17-5-16-12)20(7-18-11)10-3-8(21)9(25-10)4-24-26(22,23)19-2-1-15-6-19/h1-2,5-10,21H,3-4H2,(H,22,23)(H2,14,16,17)/t8?,9-,10-/m1/s1. The Morgan fingerprint density at radius 3 is 3.00 bits per heavy atom. The van der Waals surface area contributed by atoms with Crippen LogP contribution in [0.5, 0.6) is 0 Å². The second-order valence-corrected chi connectivity index (χ2v) is 7.45. The van der Waals surface area contributed by atoms with Crippen LogP contribution in [0.3, 0.4) is 0 Å². The number of imidazole rings is 2. The first-order valence-electron chi connectivity index (χ1n) is 7.68. The minimum Gasteiger partial charge on any atom is -0.390 e. The molecule has 3 aromatic rings. The van der Waals surface area contributed by atoms with E-state index in [4.69, 9.17) is 15.0 Å². The molecule has 0 aromatic carbocycles. The van der Waals surface area contributed by atoms with Gasteiger partial charge in [-0.1, -0.05) is 0 Å². The largest absolute Gasteiger partial charge is 0.437 e. The van der Waals surface area contributed by atoms with Gasteiger partial charge in [-0.05, 0) is 0 Å². The van der Waals surface area contributed by atoms with E-state index in [0.29, 0.717) is 11.2 Å². The smallest absolute Gasteiger partial charge is 0.390 e. The molecule has 4 N–H and O–H groups in total. The highest BCUT2D eigenvalue weighted by atomic mass is 31.2. The highest BCUT2D eigenvalue weighted by Gasteiger charge is 2.37. The van der Waals surface area contributed by atoms with Crippen LogP contribution in [-0.2, 0) is 13.8 Å². The van der Waals surface area contributed by atoms with Crippen LogP contribution in [0.2, 0.25) is 0 Å². The number of rotatable bonds is 5. The molecule has 0 amide bonds. The highest BCUT2D eigenvalue weighted by Crippen LogP contribution is 2.44. The van der Waals surface area contributed by atoms with E-state index in [1.165, 1.54) is 31.4 Å². The maximum atomic E-state index is 12.1. The Balaban J connectivity index is 1.48. The van der Waals surface area contributed by atoms with Crippen molar-refractivity contribution in [2.45, 2.75) is 24.9 Å². The zero-order valence-corrected chi connectivity index (χ0v) is 14.3. The van der Waals surface area contributed by atoms with E-state index in [-0.39, 0.29) is 18.8 Å². The van der Waals surface area contributed by atoms with Crippen LogP contribution in [0, 0.1) is 0 Å². The number of fused-ring (bicyclic) bond motifs is 1. The normalized spacial score (nSPS) is 25.5. The van der Waals surface area contributed by atoms with Crippen molar-refractivity contribution in [1.82, 2.24) is 28.8 Å². The maximum absolute atomic E-state index is 12.1. The van der Waals surface area contributed by atoms with Gasteiger partial charge in [0, 0.05) is 18.8 Å². The number of hydrogen-bond acceptors (Lipinski definition) is 9. The summed E-state index contributed by atoms with van der Waals surface area (Å²) in [4.78, 5) is 25.8. The molecule has 0 spiro atoms. The van der Waals surface area contributed by atoms with Crippen molar-refractivity contribution in [2.24, 2.45) is 0 Å². The van der Waals surface area contributed by atoms with E-state index < -0.39 is 26.2 Å². The van der Waals surface area contributed by atoms with Crippen molar-refractivity contribution in [2.75, 3.05) is 12.3 Å². The van der Waals surface area contributed by atoms with Gasteiger partial charge in [-0.15, -0.1) is 0 Å². The lowest BCUT2D eigenvalue weighted by atomic mass is 10.2. The number of anilines is 1. The molecule has 0 saturated carbocycles.